The van der Waals surface area contributed by atoms with E-state index in [1.54, 1.807) is 18.3 Å². The first kappa shape index (κ1) is 19.3. The third-order valence-electron chi connectivity index (χ3n) is 4.81. The summed E-state index contributed by atoms with van der Waals surface area (Å²) in [5, 5.41) is 3.71. The fourth-order valence-corrected chi connectivity index (χ4v) is 3.67. The summed E-state index contributed by atoms with van der Waals surface area (Å²) in [6.07, 6.45) is 3.30. The molecule has 2 aromatic carbocycles. The smallest absolute Gasteiger partial charge is 0.265 e. The maximum atomic E-state index is 14.3. The van der Waals surface area contributed by atoms with Gasteiger partial charge in [-0.1, -0.05) is 35.9 Å². The minimum absolute atomic E-state index is 0.0204. The maximum absolute atomic E-state index is 14.3. The molecular weight excluding hydrogens is 413 g/mol. The number of carbonyl (C=O) groups is 2. The zero-order chi connectivity index (χ0) is 20.7. The van der Waals surface area contributed by atoms with Gasteiger partial charge in [0.05, 0.1) is 6.54 Å². The third-order valence-corrected chi connectivity index (χ3v) is 5.54. The Balaban J connectivity index is 1.82. The molecule has 8 heteroatoms. The molecule has 0 unspecified atom stereocenters. The molecule has 29 heavy (non-hydrogen) atoms. The normalized spacial score (nSPS) is 16.0. The summed E-state index contributed by atoms with van der Waals surface area (Å²) < 4.78 is 16.1. The van der Waals surface area contributed by atoms with E-state index in [1.807, 2.05) is 28.8 Å². The number of thiocarbonyl (C=S) groups is 1. The van der Waals surface area contributed by atoms with E-state index < -0.39 is 17.6 Å². The van der Waals surface area contributed by atoms with Gasteiger partial charge in [0.15, 0.2) is 5.11 Å². The van der Waals surface area contributed by atoms with E-state index in [1.165, 1.54) is 24.1 Å². The first-order valence-electron chi connectivity index (χ1n) is 8.72. The molecule has 1 N–H and O–H groups in total. The molecule has 4 rings (SSSR count). The van der Waals surface area contributed by atoms with Gasteiger partial charge in [-0.25, -0.2) is 4.39 Å². The predicted molar refractivity (Wildman–Crippen MR) is 114 cm³/mol. The number of amides is 2. The highest BCUT2D eigenvalue weighted by Crippen LogP contribution is 2.27. The lowest BCUT2D eigenvalue weighted by atomic mass is 10.1. The highest BCUT2D eigenvalue weighted by molar-refractivity contribution is 7.80. The molecule has 0 spiro atoms. The topological polar surface area (TPSA) is 54.3 Å². The molecule has 1 aromatic heterocycles. The van der Waals surface area contributed by atoms with Crippen LogP contribution in [0.4, 0.5) is 4.39 Å². The van der Waals surface area contributed by atoms with Crippen LogP contribution in [0.25, 0.3) is 17.0 Å². The van der Waals surface area contributed by atoms with Gasteiger partial charge < -0.3 is 4.57 Å². The zero-order valence-electron chi connectivity index (χ0n) is 15.3. The average Bonchev–Trinajstić information content (AvgIpc) is 3.04. The second-order valence-corrected chi connectivity index (χ2v) is 7.41. The van der Waals surface area contributed by atoms with Crippen LogP contribution in [0, 0.1) is 5.82 Å². The number of hydrogen-bond acceptors (Lipinski definition) is 3. The van der Waals surface area contributed by atoms with E-state index in [0.29, 0.717) is 16.1 Å². The lowest BCUT2D eigenvalue weighted by Crippen LogP contribution is -2.52. The van der Waals surface area contributed by atoms with Gasteiger partial charge in [0.2, 0.25) is 0 Å². The Morgan fingerprint density at radius 3 is 2.69 bits per heavy atom. The third kappa shape index (κ3) is 3.43. The van der Waals surface area contributed by atoms with Gasteiger partial charge >= 0.3 is 0 Å². The summed E-state index contributed by atoms with van der Waals surface area (Å²) in [4.78, 5) is 26.0. The van der Waals surface area contributed by atoms with Crippen LogP contribution in [0.3, 0.4) is 0 Å². The Bertz CT molecular complexity index is 1200. The molecule has 146 valence electrons. The number of benzene rings is 2. The van der Waals surface area contributed by atoms with Crippen LogP contribution in [0.1, 0.15) is 11.1 Å². The zero-order valence-corrected chi connectivity index (χ0v) is 16.9. The molecule has 2 heterocycles. The van der Waals surface area contributed by atoms with Gasteiger partial charge in [-0.05, 0) is 36.5 Å². The van der Waals surface area contributed by atoms with Crippen molar-refractivity contribution in [2.75, 3.05) is 7.05 Å². The molecule has 2 amide bonds. The SMILES string of the molecule is CN1C(=O)/C(=C\c2cn(Cc3c(F)cccc3Cl)c3ccccc23)C(=O)NC1=S. The molecule has 0 bridgehead atoms. The standard InChI is InChI=1S/C21H15ClFN3O2S/c1-25-20(28)14(19(27)24-21(25)29)9-12-10-26(18-8-3-2-5-13(12)18)11-15-16(22)6-4-7-17(15)23/h2-10H,11H2,1H3,(H,24,27,29)/b14-9-. The summed E-state index contributed by atoms with van der Waals surface area (Å²) >= 11 is 11.2. The van der Waals surface area contributed by atoms with Crippen LogP contribution in [-0.4, -0.2) is 33.4 Å². The van der Waals surface area contributed by atoms with Gasteiger partial charge in [0.25, 0.3) is 11.8 Å². The minimum Gasteiger partial charge on any atom is -0.342 e. The van der Waals surface area contributed by atoms with Crippen molar-refractivity contribution in [2.24, 2.45) is 0 Å². The summed E-state index contributed by atoms with van der Waals surface area (Å²) in [6.45, 7) is 0.208. The fourth-order valence-electron chi connectivity index (χ4n) is 3.28. The lowest BCUT2D eigenvalue weighted by molar-refractivity contribution is -0.128. The van der Waals surface area contributed by atoms with Gasteiger partial charge in [0.1, 0.15) is 11.4 Å². The largest absolute Gasteiger partial charge is 0.342 e. The number of para-hydroxylation sites is 1. The number of nitrogens with one attached hydrogen (secondary N) is 1. The first-order valence-corrected chi connectivity index (χ1v) is 9.51. The number of fused-ring (bicyclic) bond motifs is 1. The van der Waals surface area contributed by atoms with Crippen LogP contribution in [0.5, 0.6) is 0 Å². The second kappa shape index (κ2) is 7.42. The number of likely N-dealkylation sites (N-methyl/N-ethyl adjacent to an activating group) is 1. The van der Waals surface area contributed by atoms with Crippen LogP contribution in [0.2, 0.25) is 5.02 Å². The van der Waals surface area contributed by atoms with E-state index in [4.69, 9.17) is 23.8 Å². The van der Waals surface area contributed by atoms with Crippen molar-refractivity contribution >= 4 is 57.7 Å². The molecule has 0 radical (unpaired) electrons. The quantitative estimate of drug-likeness (QED) is 0.393. The molecule has 3 aromatic rings. The van der Waals surface area contributed by atoms with Gasteiger partial charge in [-0.2, -0.15) is 0 Å². The van der Waals surface area contributed by atoms with Crippen molar-refractivity contribution in [3.63, 3.8) is 0 Å². The molecule has 1 saturated heterocycles. The molecular formula is C21H15ClFN3O2S. The second-order valence-electron chi connectivity index (χ2n) is 6.61. The number of aromatic nitrogens is 1. The Morgan fingerprint density at radius 2 is 1.93 bits per heavy atom. The molecule has 0 saturated carbocycles. The number of rotatable bonds is 3. The van der Waals surface area contributed by atoms with Crippen molar-refractivity contribution in [3.05, 3.63) is 76.2 Å². The van der Waals surface area contributed by atoms with Crippen LogP contribution in [-0.2, 0) is 16.1 Å². The first-order chi connectivity index (χ1) is 13.9. The van der Waals surface area contributed by atoms with Crippen molar-refractivity contribution in [2.45, 2.75) is 6.54 Å². The Kier molecular flexibility index (Phi) is 4.94. The van der Waals surface area contributed by atoms with E-state index in [9.17, 15) is 14.0 Å². The van der Waals surface area contributed by atoms with E-state index in [-0.39, 0.29) is 17.2 Å². The summed E-state index contributed by atoms with van der Waals surface area (Å²) in [5.74, 6) is -1.42. The molecule has 1 aliphatic rings. The van der Waals surface area contributed by atoms with Crippen molar-refractivity contribution in [1.29, 1.82) is 0 Å². The summed E-state index contributed by atoms with van der Waals surface area (Å²) in [5.41, 5.74) is 1.83. The van der Waals surface area contributed by atoms with Crippen molar-refractivity contribution in [1.82, 2.24) is 14.8 Å². The minimum atomic E-state index is -0.549. The van der Waals surface area contributed by atoms with Gasteiger partial charge in [-0.15, -0.1) is 0 Å². The molecule has 1 aliphatic heterocycles. The van der Waals surface area contributed by atoms with Crippen LogP contribution in [0.15, 0.2) is 54.2 Å². The Morgan fingerprint density at radius 1 is 1.17 bits per heavy atom. The molecule has 0 atom stereocenters. The van der Waals surface area contributed by atoms with Crippen molar-refractivity contribution < 1.29 is 14.0 Å². The fraction of sp³-hybridized carbons (Fsp3) is 0.0952. The number of nitrogens with zero attached hydrogens (tertiary/aromatic N) is 2. The lowest BCUT2D eigenvalue weighted by Gasteiger charge is -2.24. The molecule has 0 aliphatic carbocycles. The Labute approximate surface area is 176 Å². The van der Waals surface area contributed by atoms with E-state index >= 15 is 0 Å². The maximum Gasteiger partial charge on any atom is 0.265 e. The number of hydrogen-bond donors (Lipinski definition) is 1. The van der Waals surface area contributed by atoms with Gasteiger partial charge in [0, 0.05) is 40.3 Å². The average molecular weight is 428 g/mol. The highest BCUT2D eigenvalue weighted by atomic mass is 35.5. The molecule has 1 fully saturated rings. The number of carbonyl (C=O) groups excluding carboxylic acids is 2. The Hall–Kier alpha value is -3.03. The van der Waals surface area contributed by atoms with E-state index in [0.717, 1.165) is 10.9 Å². The number of halogens is 2. The van der Waals surface area contributed by atoms with E-state index in [2.05, 4.69) is 5.32 Å². The highest BCUT2D eigenvalue weighted by Gasteiger charge is 2.31. The van der Waals surface area contributed by atoms with Crippen LogP contribution >= 0.6 is 23.8 Å². The summed E-state index contributed by atoms with van der Waals surface area (Å²) in [7, 11) is 1.50. The summed E-state index contributed by atoms with van der Waals surface area (Å²) in [6, 6.07) is 12.0. The van der Waals surface area contributed by atoms with Crippen LogP contribution < -0.4 is 5.32 Å². The van der Waals surface area contributed by atoms with Crippen molar-refractivity contribution in [3.8, 4) is 0 Å². The van der Waals surface area contributed by atoms with Gasteiger partial charge in [-0.3, -0.25) is 19.8 Å². The molecule has 5 nitrogen and oxygen atoms in total. The monoisotopic (exact) mass is 427 g/mol. The predicted octanol–water partition coefficient (Wildman–Crippen LogP) is 3.74.